The zero-order chi connectivity index (χ0) is 14.8. The number of fused-ring (bicyclic) bond motifs is 1. The van der Waals surface area contributed by atoms with Crippen LogP contribution in [-0.2, 0) is 0 Å². The van der Waals surface area contributed by atoms with Crippen molar-refractivity contribution in [3.63, 3.8) is 0 Å². The number of halogens is 1. The molecule has 0 radical (unpaired) electrons. The molecule has 1 N–H and O–H groups in total. The number of hydrogen-bond donors (Lipinski definition) is 1. The molecular weight excluding hydrogens is 280 g/mol. The number of aryl methyl sites for hydroxylation is 1. The summed E-state index contributed by atoms with van der Waals surface area (Å²) in [5.74, 6) is 0. The van der Waals surface area contributed by atoms with E-state index in [1.54, 1.807) is 0 Å². The normalized spacial score (nSPS) is 12.5. The van der Waals surface area contributed by atoms with Gasteiger partial charge in [-0.3, -0.25) is 4.98 Å². The maximum absolute atomic E-state index is 6.44. The third-order valence-corrected chi connectivity index (χ3v) is 4.06. The highest BCUT2D eigenvalue weighted by Crippen LogP contribution is 2.32. The number of nitrogens with zero attached hydrogens (tertiary/aromatic N) is 1. The van der Waals surface area contributed by atoms with E-state index in [0.717, 1.165) is 32.6 Å². The van der Waals surface area contributed by atoms with Gasteiger partial charge in [0.25, 0.3) is 0 Å². The first-order chi connectivity index (χ1) is 10.2. The molecule has 106 valence electrons. The average Bonchev–Trinajstić information content (AvgIpc) is 2.50. The minimum atomic E-state index is 0.0247. The molecule has 0 fully saturated rings. The van der Waals surface area contributed by atoms with Crippen molar-refractivity contribution in [2.75, 3.05) is 7.05 Å². The second-order valence-electron chi connectivity index (χ2n) is 5.17. The molecule has 0 spiro atoms. The molecule has 2 nitrogen and oxygen atoms in total. The van der Waals surface area contributed by atoms with E-state index in [9.17, 15) is 0 Å². The lowest BCUT2D eigenvalue weighted by Crippen LogP contribution is -2.18. The summed E-state index contributed by atoms with van der Waals surface area (Å²) in [6.45, 7) is 2.05. The van der Waals surface area contributed by atoms with Crippen molar-refractivity contribution in [3.05, 3.63) is 76.4 Å². The molecule has 1 heterocycles. The van der Waals surface area contributed by atoms with E-state index in [1.807, 2.05) is 32.3 Å². The maximum Gasteiger partial charge on any atom is 0.0753 e. The van der Waals surface area contributed by atoms with Crippen LogP contribution < -0.4 is 5.32 Å². The maximum atomic E-state index is 6.44. The van der Waals surface area contributed by atoms with Crippen molar-refractivity contribution in [1.29, 1.82) is 0 Å². The van der Waals surface area contributed by atoms with E-state index in [4.69, 9.17) is 11.6 Å². The van der Waals surface area contributed by atoms with Crippen molar-refractivity contribution in [2.24, 2.45) is 0 Å². The van der Waals surface area contributed by atoms with Crippen molar-refractivity contribution in [3.8, 4) is 0 Å². The predicted octanol–water partition coefficient (Wildman–Crippen LogP) is 4.51. The average molecular weight is 297 g/mol. The number of benzene rings is 2. The van der Waals surface area contributed by atoms with Gasteiger partial charge in [0.1, 0.15) is 0 Å². The van der Waals surface area contributed by atoms with E-state index < -0.39 is 0 Å². The molecule has 0 bridgehead atoms. The molecule has 0 saturated heterocycles. The molecule has 21 heavy (non-hydrogen) atoms. The van der Waals surface area contributed by atoms with Gasteiger partial charge in [-0.05, 0) is 42.8 Å². The van der Waals surface area contributed by atoms with Gasteiger partial charge in [-0.15, -0.1) is 0 Å². The molecule has 3 aromatic rings. The smallest absolute Gasteiger partial charge is 0.0753 e. The molecule has 2 aromatic carbocycles. The second-order valence-corrected chi connectivity index (χ2v) is 5.58. The molecule has 0 aliphatic carbocycles. The molecule has 0 saturated carbocycles. The fraction of sp³-hybridized carbons (Fsp3) is 0.167. The van der Waals surface area contributed by atoms with E-state index in [2.05, 4.69) is 46.7 Å². The summed E-state index contributed by atoms with van der Waals surface area (Å²) in [4.78, 5) is 4.54. The Bertz CT molecular complexity index is 778. The van der Waals surface area contributed by atoms with Gasteiger partial charge < -0.3 is 5.32 Å². The van der Waals surface area contributed by atoms with Gasteiger partial charge >= 0.3 is 0 Å². The first-order valence-electron chi connectivity index (χ1n) is 6.97. The van der Waals surface area contributed by atoms with Crippen LogP contribution in [0.15, 0.2) is 54.7 Å². The Morgan fingerprint density at radius 3 is 2.62 bits per heavy atom. The summed E-state index contributed by atoms with van der Waals surface area (Å²) >= 11 is 6.44. The second kappa shape index (κ2) is 5.84. The minimum Gasteiger partial charge on any atom is -0.309 e. The van der Waals surface area contributed by atoms with Gasteiger partial charge in [0.15, 0.2) is 0 Å². The van der Waals surface area contributed by atoms with Crippen LogP contribution in [0.4, 0.5) is 0 Å². The van der Waals surface area contributed by atoms with Crippen LogP contribution >= 0.6 is 11.6 Å². The van der Waals surface area contributed by atoms with Crippen LogP contribution in [0.3, 0.4) is 0 Å². The summed E-state index contributed by atoms with van der Waals surface area (Å²) in [6.07, 6.45) is 1.83. The molecule has 0 aliphatic rings. The number of para-hydroxylation sites is 1. The van der Waals surface area contributed by atoms with Crippen LogP contribution in [0.25, 0.3) is 10.9 Å². The summed E-state index contributed by atoms with van der Waals surface area (Å²) in [7, 11) is 1.95. The summed E-state index contributed by atoms with van der Waals surface area (Å²) in [5, 5.41) is 5.28. The number of pyridine rings is 1. The lowest BCUT2D eigenvalue weighted by molar-refractivity contribution is 0.695. The summed E-state index contributed by atoms with van der Waals surface area (Å²) in [5.41, 5.74) is 4.38. The van der Waals surface area contributed by atoms with E-state index in [0.29, 0.717) is 0 Å². The fourth-order valence-electron chi connectivity index (χ4n) is 2.71. The highest BCUT2D eigenvalue weighted by atomic mass is 35.5. The molecule has 1 atom stereocenters. The van der Waals surface area contributed by atoms with Crippen molar-refractivity contribution in [1.82, 2.24) is 10.3 Å². The van der Waals surface area contributed by atoms with Crippen LogP contribution in [0.2, 0.25) is 5.02 Å². The molecular formula is C18H17ClN2. The van der Waals surface area contributed by atoms with Crippen LogP contribution in [0.1, 0.15) is 22.7 Å². The summed E-state index contributed by atoms with van der Waals surface area (Å²) in [6, 6.07) is 16.5. The number of nitrogens with one attached hydrogen (secondary N) is 1. The Hall–Kier alpha value is -1.90. The van der Waals surface area contributed by atoms with Gasteiger partial charge in [-0.25, -0.2) is 0 Å². The van der Waals surface area contributed by atoms with Crippen molar-refractivity contribution >= 4 is 22.5 Å². The molecule has 0 amide bonds. The first kappa shape index (κ1) is 14.1. The van der Waals surface area contributed by atoms with Crippen LogP contribution in [-0.4, -0.2) is 12.0 Å². The highest BCUT2D eigenvalue weighted by molar-refractivity contribution is 6.31. The largest absolute Gasteiger partial charge is 0.309 e. The Labute approximate surface area is 129 Å². The molecule has 1 unspecified atom stereocenters. The van der Waals surface area contributed by atoms with Gasteiger partial charge in [0, 0.05) is 16.6 Å². The standard InChI is InChI=1S/C18H17ClN2/c1-12-8-9-14(16(19)11-12)18(20-2)15-7-3-5-13-6-4-10-21-17(13)15/h3-11,18,20H,1-2H3. The molecule has 0 aliphatic heterocycles. The topological polar surface area (TPSA) is 24.9 Å². The Morgan fingerprint density at radius 2 is 1.86 bits per heavy atom. The van der Waals surface area contributed by atoms with Crippen molar-refractivity contribution < 1.29 is 0 Å². The lowest BCUT2D eigenvalue weighted by atomic mass is 9.95. The van der Waals surface area contributed by atoms with E-state index >= 15 is 0 Å². The number of aromatic nitrogens is 1. The molecule has 1 aromatic heterocycles. The third kappa shape index (κ3) is 2.65. The van der Waals surface area contributed by atoms with Gasteiger partial charge in [0.2, 0.25) is 0 Å². The van der Waals surface area contributed by atoms with Gasteiger partial charge in [0.05, 0.1) is 11.6 Å². The zero-order valence-electron chi connectivity index (χ0n) is 12.1. The Kier molecular flexibility index (Phi) is 3.91. The minimum absolute atomic E-state index is 0.0247. The van der Waals surface area contributed by atoms with Crippen LogP contribution in [0.5, 0.6) is 0 Å². The molecule has 3 rings (SSSR count). The highest BCUT2D eigenvalue weighted by Gasteiger charge is 2.18. The predicted molar refractivity (Wildman–Crippen MR) is 88.8 cm³/mol. The Balaban J connectivity index is 2.18. The number of hydrogen-bond acceptors (Lipinski definition) is 2. The van der Waals surface area contributed by atoms with Crippen molar-refractivity contribution in [2.45, 2.75) is 13.0 Å². The molecule has 3 heteroatoms. The van der Waals surface area contributed by atoms with E-state index in [-0.39, 0.29) is 6.04 Å². The van der Waals surface area contributed by atoms with E-state index in [1.165, 1.54) is 0 Å². The summed E-state index contributed by atoms with van der Waals surface area (Å²) < 4.78 is 0. The fourth-order valence-corrected chi connectivity index (χ4v) is 3.05. The van der Waals surface area contributed by atoms with Crippen LogP contribution in [0, 0.1) is 6.92 Å². The van der Waals surface area contributed by atoms with Gasteiger partial charge in [-0.2, -0.15) is 0 Å². The quantitative estimate of drug-likeness (QED) is 0.769. The first-order valence-corrected chi connectivity index (χ1v) is 7.35. The SMILES string of the molecule is CNC(c1ccc(C)cc1Cl)c1cccc2cccnc12. The monoisotopic (exact) mass is 296 g/mol. The number of rotatable bonds is 3. The Morgan fingerprint density at radius 1 is 1.05 bits per heavy atom. The lowest BCUT2D eigenvalue weighted by Gasteiger charge is -2.20. The third-order valence-electron chi connectivity index (χ3n) is 3.73. The van der Waals surface area contributed by atoms with Gasteiger partial charge in [-0.1, -0.05) is 48.0 Å². The zero-order valence-corrected chi connectivity index (χ0v) is 12.9.